The first-order chi connectivity index (χ1) is 27.6. The van der Waals surface area contributed by atoms with Crippen LogP contribution in [0.2, 0.25) is 0 Å². The molecule has 302 valence electrons. The number of carbonyl (C=O) groups excluding carboxylic acids is 2. The van der Waals surface area contributed by atoms with Gasteiger partial charge in [0.2, 0.25) is 5.91 Å². The topological polar surface area (TPSA) is 105 Å². The first-order valence-corrected chi connectivity index (χ1v) is 20.7. The maximum Gasteiger partial charge on any atom is 0.328 e. The lowest BCUT2D eigenvalue weighted by molar-refractivity contribution is -0.120. The molecule has 11 heteroatoms. The average Bonchev–Trinajstić information content (AvgIpc) is 3.21. The van der Waals surface area contributed by atoms with E-state index in [0.29, 0.717) is 19.6 Å². The van der Waals surface area contributed by atoms with Crippen LogP contribution >= 0.6 is 0 Å². The fourth-order valence-corrected chi connectivity index (χ4v) is 9.19. The molecule has 0 radical (unpaired) electrons. The number of benzene rings is 2. The third-order valence-corrected chi connectivity index (χ3v) is 12.5. The number of urea groups is 1. The normalized spacial score (nSPS) is 21.6. The van der Waals surface area contributed by atoms with Gasteiger partial charge in [0, 0.05) is 93.4 Å². The van der Waals surface area contributed by atoms with E-state index in [1.54, 1.807) is 4.90 Å². The first-order valence-electron chi connectivity index (χ1n) is 20.7. The minimum absolute atomic E-state index is 0.206. The molecule has 4 fully saturated rings. The summed E-state index contributed by atoms with van der Waals surface area (Å²) in [6, 6.07) is 14.8. The van der Waals surface area contributed by atoms with Crippen LogP contribution in [-0.2, 0) is 9.53 Å². The largest absolute Gasteiger partial charge is 0.494 e. The van der Waals surface area contributed by atoms with Gasteiger partial charge in [-0.2, -0.15) is 0 Å². The molecule has 0 aromatic heterocycles. The van der Waals surface area contributed by atoms with Crippen molar-refractivity contribution in [1.82, 2.24) is 15.5 Å². The fraction of sp³-hybridized carbons (Fsp3) is 0.457. The molecule has 3 N–H and O–H groups in total. The van der Waals surface area contributed by atoms with Crippen LogP contribution in [0.5, 0.6) is 0 Å². The summed E-state index contributed by atoms with van der Waals surface area (Å²) in [5, 5.41) is 9.40. The van der Waals surface area contributed by atoms with Gasteiger partial charge in [-0.1, -0.05) is 13.2 Å². The van der Waals surface area contributed by atoms with Gasteiger partial charge in [-0.15, -0.1) is 0 Å². The summed E-state index contributed by atoms with van der Waals surface area (Å²) in [7, 11) is 0. The Balaban J connectivity index is 0.854. The highest BCUT2D eigenvalue weighted by molar-refractivity contribution is 6.06. The number of anilines is 4. The van der Waals surface area contributed by atoms with Gasteiger partial charge in [-0.3, -0.25) is 15.0 Å². The van der Waals surface area contributed by atoms with E-state index in [1.165, 1.54) is 42.6 Å². The van der Waals surface area contributed by atoms with Gasteiger partial charge >= 0.3 is 6.03 Å². The highest BCUT2D eigenvalue weighted by atomic mass is 16.5. The number of amides is 3. The van der Waals surface area contributed by atoms with E-state index >= 15 is 0 Å². The Morgan fingerprint density at radius 3 is 2.18 bits per heavy atom. The fourth-order valence-electron chi connectivity index (χ4n) is 9.19. The van der Waals surface area contributed by atoms with E-state index in [1.807, 2.05) is 32.2 Å². The molecule has 0 saturated carbocycles. The Kier molecular flexibility index (Phi) is 12.4. The van der Waals surface area contributed by atoms with Crippen LogP contribution in [0.25, 0.3) is 0 Å². The quantitative estimate of drug-likeness (QED) is 0.135. The monoisotopic (exact) mass is 772 g/mol. The number of nitrogens with zero attached hydrogens (tertiary/aromatic N) is 5. The van der Waals surface area contributed by atoms with Crippen molar-refractivity contribution >= 4 is 40.5 Å². The minimum Gasteiger partial charge on any atom is -0.494 e. The smallest absolute Gasteiger partial charge is 0.328 e. The van der Waals surface area contributed by atoms with Gasteiger partial charge in [-0.05, 0) is 142 Å². The Morgan fingerprint density at radius 1 is 0.895 bits per heavy atom. The zero-order chi connectivity index (χ0) is 40.1. The van der Waals surface area contributed by atoms with Crippen molar-refractivity contribution < 1.29 is 14.3 Å². The van der Waals surface area contributed by atoms with Gasteiger partial charge < -0.3 is 30.1 Å². The third kappa shape index (κ3) is 9.24. The van der Waals surface area contributed by atoms with Crippen molar-refractivity contribution in [2.24, 2.45) is 16.8 Å². The SMILES string of the molecule is C=C/C(=C(/C)C1=C(C)OCCN1)N1CC/C(=C/N=C(C)Nc2ccc(N3CCC(C4CCN(c5ccc(N6CCC(=O)NC6=O)c(C)c5)CC4)CC3)cc2)C(=C)C1. The van der Waals surface area contributed by atoms with Crippen molar-refractivity contribution in [2.45, 2.75) is 66.2 Å². The van der Waals surface area contributed by atoms with Crippen LogP contribution in [0.4, 0.5) is 27.5 Å². The number of rotatable bonds is 9. The molecule has 5 heterocycles. The summed E-state index contributed by atoms with van der Waals surface area (Å²) in [5.74, 6) is 3.10. The second-order valence-electron chi connectivity index (χ2n) is 16.1. The molecule has 2 aromatic carbocycles. The molecule has 0 bridgehead atoms. The summed E-state index contributed by atoms with van der Waals surface area (Å²) in [5.41, 5.74) is 11.0. The molecular formula is C46H60N8O3. The maximum absolute atomic E-state index is 12.4. The number of hydrogen-bond donors (Lipinski definition) is 3. The third-order valence-electron chi connectivity index (χ3n) is 12.5. The number of aliphatic imine (C=N–C) groups is 1. The van der Waals surface area contributed by atoms with E-state index < -0.39 is 0 Å². The van der Waals surface area contributed by atoms with Crippen LogP contribution in [-0.4, -0.2) is 81.6 Å². The van der Waals surface area contributed by atoms with Gasteiger partial charge in [-0.25, -0.2) is 9.79 Å². The summed E-state index contributed by atoms with van der Waals surface area (Å²) in [6.45, 7) is 24.6. The number of nitrogens with one attached hydrogen (secondary N) is 3. The molecule has 0 spiro atoms. The second kappa shape index (κ2) is 17.8. The summed E-state index contributed by atoms with van der Waals surface area (Å²) in [4.78, 5) is 37.8. The molecule has 11 nitrogen and oxygen atoms in total. The summed E-state index contributed by atoms with van der Waals surface area (Å²) in [6.07, 6.45) is 10.0. The van der Waals surface area contributed by atoms with Crippen molar-refractivity contribution in [3.8, 4) is 0 Å². The van der Waals surface area contributed by atoms with E-state index in [9.17, 15) is 9.59 Å². The number of ether oxygens (including phenoxy) is 1. The number of allylic oxidation sites excluding steroid dienone is 3. The summed E-state index contributed by atoms with van der Waals surface area (Å²) >= 11 is 0. The highest BCUT2D eigenvalue weighted by Crippen LogP contribution is 2.36. The van der Waals surface area contributed by atoms with Crippen molar-refractivity contribution in [1.29, 1.82) is 0 Å². The van der Waals surface area contributed by atoms with Gasteiger partial charge in [0.25, 0.3) is 0 Å². The van der Waals surface area contributed by atoms with Crippen molar-refractivity contribution in [3.63, 3.8) is 0 Å². The van der Waals surface area contributed by atoms with Gasteiger partial charge in [0.1, 0.15) is 18.2 Å². The van der Waals surface area contributed by atoms with Crippen molar-refractivity contribution in [3.05, 3.63) is 107 Å². The molecule has 2 aromatic rings. The molecule has 7 rings (SSSR count). The lowest BCUT2D eigenvalue weighted by Gasteiger charge is -2.41. The van der Waals surface area contributed by atoms with E-state index in [2.05, 4.69) is 94.1 Å². The van der Waals surface area contributed by atoms with E-state index in [4.69, 9.17) is 9.73 Å². The van der Waals surface area contributed by atoms with Crippen LogP contribution in [0.15, 0.2) is 107 Å². The highest BCUT2D eigenvalue weighted by Gasteiger charge is 2.31. The Hall–Kier alpha value is -5.45. The van der Waals surface area contributed by atoms with Gasteiger partial charge in [0.05, 0.1) is 5.70 Å². The van der Waals surface area contributed by atoms with Crippen LogP contribution in [0.1, 0.15) is 64.9 Å². The molecule has 5 aliphatic heterocycles. The molecule has 4 saturated heterocycles. The zero-order valence-electron chi connectivity index (χ0n) is 34.3. The Labute approximate surface area is 338 Å². The van der Waals surface area contributed by atoms with E-state index in [-0.39, 0.29) is 11.9 Å². The second-order valence-corrected chi connectivity index (χ2v) is 16.1. The molecule has 5 aliphatic rings. The van der Waals surface area contributed by atoms with Crippen LogP contribution in [0.3, 0.4) is 0 Å². The number of aryl methyl sites for hydroxylation is 1. The maximum atomic E-state index is 12.4. The Bertz CT molecular complexity index is 1980. The number of piperidine rings is 3. The number of hydrogen-bond acceptors (Lipinski definition) is 8. The number of likely N-dealkylation sites (tertiary alicyclic amines) is 1. The predicted octanol–water partition coefficient (Wildman–Crippen LogP) is 7.86. The van der Waals surface area contributed by atoms with Crippen LogP contribution < -0.4 is 30.7 Å². The molecule has 3 amide bonds. The summed E-state index contributed by atoms with van der Waals surface area (Å²) < 4.78 is 5.78. The minimum atomic E-state index is -0.331. The Morgan fingerprint density at radius 2 is 1.56 bits per heavy atom. The number of imide groups is 1. The molecule has 57 heavy (non-hydrogen) atoms. The zero-order valence-corrected chi connectivity index (χ0v) is 34.3. The average molecular weight is 773 g/mol. The molecule has 0 atom stereocenters. The van der Waals surface area contributed by atoms with E-state index in [0.717, 1.165) is 115 Å². The number of carbonyl (C=O) groups is 2. The molecule has 0 unspecified atom stereocenters. The number of amidine groups is 1. The lowest BCUT2D eigenvalue weighted by Crippen LogP contribution is -2.49. The standard InChI is InChI=1S/C46H60N8O3/c1-7-42(33(4)45-34(5)57-27-20-47-45)53-25-18-38(32(3)30-53)29-48-35(6)49-39-8-10-40(11-9-39)51-21-14-36(15-22-51)37-16-23-52(24-17-37)41-12-13-43(31(2)28-41)54-26-19-44(55)50-46(54)56/h7-13,28-29,36-37,47H,1,3,14-27,30H2,2,4-6H3,(H,48,49)(H,50,55,56)/b38-29-,42-33+. The van der Waals surface area contributed by atoms with Crippen molar-refractivity contribution in [2.75, 3.05) is 79.0 Å². The molecule has 0 aliphatic carbocycles. The van der Waals surface area contributed by atoms with Crippen LogP contribution in [0, 0.1) is 18.8 Å². The van der Waals surface area contributed by atoms with Gasteiger partial charge in [0.15, 0.2) is 0 Å². The lowest BCUT2D eigenvalue weighted by atomic mass is 9.78. The molecular weight excluding hydrogens is 713 g/mol. The first kappa shape index (κ1) is 39.8. The predicted molar refractivity (Wildman–Crippen MR) is 233 cm³/mol.